The smallest absolute Gasteiger partial charge is 0.308 e. The predicted octanol–water partition coefficient (Wildman–Crippen LogP) is 4.25. The van der Waals surface area contributed by atoms with Gasteiger partial charge in [0.1, 0.15) is 17.6 Å². The third-order valence-corrected chi connectivity index (χ3v) is 6.36. The number of amides is 3. The fraction of sp³-hybridized carbons (Fsp3) is 0.385. The van der Waals surface area contributed by atoms with Crippen molar-refractivity contribution in [3.05, 3.63) is 59.9 Å². The molecule has 2 aromatic carbocycles. The van der Waals surface area contributed by atoms with Crippen molar-refractivity contribution in [2.75, 3.05) is 4.90 Å². The Morgan fingerprint density at radius 2 is 1.56 bits per heavy atom. The van der Waals surface area contributed by atoms with Gasteiger partial charge in [-0.25, -0.2) is 9.29 Å². The van der Waals surface area contributed by atoms with E-state index in [0.717, 1.165) is 43.4 Å². The van der Waals surface area contributed by atoms with Crippen molar-refractivity contribution in [2.24, 2.45) is 0 Å². The highest BCUT2D eigenvalue weighted by atomic mass is 19.1. The van der Waals surface area contributed by atoms with E-state index in [0.29, 0.717) is 11.4 Å². The van der Waals surface area contributed by atoms with Crippen LogP contribution in [0.25, 0.3) is 0 Å². The van der Waals surface area contributed by atoms with Crippen molar-refractivity contribution in [1.82, 2.24) is 4.90 Å². The standard InChI is InChI=1S/C26H27FN2O5/c1-17(30)34-22-14-12-21(13-15-22)29-24(31)16-23(26(29)33)28(20-6-4-2-3-5-7-20)25(32)18-8-10-19(27)11-9-18/h8-15,20,23H,2-7,16H2,1H3. The first-order chi connectivity index (χ1) is 16.3. The van der Waals surface area contributed by atoms with Crippen LogP contribution in [-0.4, -0.2) is 40.7 Å². The molecule has 1 atom stereocenters. The van der Waals surface area contributed by atoms with E-state index in [1.807, 2.05) is 0 Å². The van der Waals surface area contributed by atoms with Crippen LogP contribution in [0.4, 0.5) is 10.1 Å². The number of hydrogen-bond acceptors (Lipinski definition) is 5. The van der Waals surface area contributed by atoms with Gasteiger partial charge in [-0.05, 0) is 61.4 Å². The zero-order valence-corrected chi connectivity index (χ0v) is 19.0. The summed E-state index contributed by atoms with van der Waals surface area (Å²) in [5.41, 5.74) is 0.638. The van der Waals surface area contributed by atoms with Crippen molar-refractivity contribution in [3.63, 3.8) is 0 Å². The second kappa shape index (κ2) is 10.2. The summed E-state index contributed by atoms with van der Waals surface area (Å²) < 4.78 is 18.5. The first-order valence-electron chi connectivity index (χ1n) is 11.6. The van der Waals surface area contributed by atoms with Crippen LogP contribution in [-0.2, 0) is 14.4 Å². The molecule has 0 spiro atoms. The summed E-state index contributed by atoms with van der Waals surface area (Å²) in [4.78, 5) is 53.8. The summed E-state index contributed by atoms with van der Waals surface area (Å²) in [6.45, 7) is 1.28. The molecule has 2 aromatic rings. The van der Waals surface area contributed by atoms with E-state index in [2.05, 4.69) is 0 Å². The minimum Gasteiger partial charge on any atom is -0.427 e. The molecule has 0 aromatic heterocycles. The molecule has 0 radical (unpaired) electrons. The van der Waals surface area contributed by atoms with E-state index < -0.39 is 29.6 Å². The molecular formula is C26H27FN2O5. The number of imide groups is 1. The topological polar surface area (TPSA) is 84.0 Å². The van der Waals surface area contributed by atoms with Crippen LogP contribution in [0.1, 0.15) is 62.2 Å². The molecule has 1 aliphatic heterocycles. The summed E-state index contributed by atoms with van der Waals surface area (Å²) in [6, 6.07) is 10.3. The van der Waals surface area contributed by atoms with Crippen molar-refractivity contribution in [1.29, 1.82) is 0 Å². The van der Waals surface area contributed by atoms with E-state index >= 15 is 0 Å². The van der Waals surface area contributed by atoms with Gasteiger partial charge in [-0.2, -0.15) is 0 Å². The summed E-state index contributed by atoms with van der Waals surface area (Å²) in [6.07, 6.45) is 5.39. The highest BCUT2D eigenvalue weighted by Gasteiger charge is 2.46. The van der Waals surface area contributed by atoms with E-state index in [-0.39, 0.29) is 23.9 Å². The number of carbonyl (C=O) groups is 4. The second-order valence-electron chi connectivity index (χ2n) is 8.74. The maximum Gasteiger partial charge on any atom is 0.308 e. The molecule has 1 heterocycles. The Labute approximate surface area is 197 Å². The molecule has 2 fully saturated rings. The Bertz CT molecular complexity index is 1080. The molecule has 2 aliphatic rings. The molecule has 7 nitrogen and oxygen atoms in total. The molecule has 4 rings (SSSR count). The summed E-state index contributed by atoms with van der Waals surface area (Å²) in [5, 5.41) is 0. The lowest BCUT2D eigenvalue weighted by atomic mass is 10.0. The lowest BCUT2D eigenvalue weighted by Crippen LogP contribution is -2.50. The van der Waals surface area contributed by atoms with Gasteiger partial charge in [0.15, 0.2) is 0 Å². The number of carbonyl (C=O) groups excluding carboxylic acids is 4. The number of benzene rings is 2. The molecule has 8 heteroatoms. The summed E-state index contributed by atoms with van der Waals surface area (Å²) in [5.74, 6) is -1.86. The number of ether oxygens (including phenoxy) is 1. The maximum absolute atomic E-state index is 13.6. The van der Waals surface area contributed by atoms with E-state index in [9.17, 15) is 23.6 Å². The molecule has 1 saturated carbocycles. The van der Waals surface area contributed by atoms with Crippen molar-refractivity contribution in [2.45, 2.75) is 64.0 Å². The van der Waals surface area contributed by atoms with Crippen molar-refractivity contribution in [3.8, 4) is 5.75 Å². The Morgan fingerprint density at radius 3 is 2.15 bits per heavy atom. The number of nitrogens with zero attached hydrogens (tertiary/aromatic N) is 2. The quantitative estimate of drug-likeness (QED) is 0.285. The van der Waals surface area contributed by atoms with Crippen molar-refractivity contribution < 1.29 is 28.3 Å². The van der Waals surface area contributed by atoms with Crippen LogP contribution in [0.15, 0.2) is 48.5 Å². The van der Waals surface area contributed by atoms with Gasteiger partial charge in [-0.15, -0.1) is 0 Å². The molecule has 0 bridgehead atoms. The van der Waals surface area contributed by atoms with Crippen LogP contribution >= 0.6 is 0 Å². The van der Waals surface area contributed by atoms with Crippen molar-refractivity contribution >= 4 is 29.4 Å². The van der Waals surface area contributed by atoms with Gasteiger partial charge in [-0.3, -0.25) is 19.2 Å². The number of hydrogen-bond donors (Lipinski definition) is 0. The highest BCUT2D eigenvalue weighted by molar-refractivity contribution is 6.23. The first-order valence-corrected chi connectivity index (χ1v) is 11.6. The highest BCUT2D eigenvalue weighted by Crippen LogP contribution is 2.32. The summed E-state index contributed by atoms with van der Waals surface area (Å²) in [7, 11) is 0. The molecule has 34 heavy (non-hydrogen) atoms. The molecule has 1 saturated heterocycles. The molecule has 0 N–H and O–H groups in total. The fourth-order valence-electron chi connectivity index (χ4n) is 4.77. The SMILES string of the molecule is CC(=O)Oc1ccc(N2C(=O)CC(N(C(=O)c3ccc(F)cc3)C3CCCCCC3)C2=O)cc1. The zero-order valence-electron chi connectivity index (χ0n) is 19.0. The van der Waals surface area contributed by atoms with Gasteiger partial charge in [0.25, 0.3) is 11.8 Å². The average molecular weight is 467 g/mol. The van der Waals surface area contributed by atoms with Crippen LogP contribution in [0.3, 0.4) is 0 Å². The van der Waals surface area contributed by atoms with E-state index in [1.54, 1.807) is 4.90 Å². The van der Waals surface area contributed by atoms with Gasteiger partial charge in [0.05, 0.1) is 12.1 Å². The third kappa shape index (κ3) is 5.00. The van der Waals surface area contributed by atoms with Gasteiger partial charge >= 0.3 is 5.97 Å². The Morgan fingerprint density at radius 1 is 0.941 bits per heavy atom. The van der Waals surface area contributed by atoms with E-state index in [1.165, 1.54) is 55.5 Å². The number of halogens is 1. The monoisotopic (exact) mass is 466 g/mol. The van der Waals surface area contributed by atoms with Gasteiger partial charge in [0, 0.05) is 18.5 Å². The average Bonchev–Trinajstić information content (AvgIpc) is 2.97. The second-order valence-corrected chi connectivity index (χ2v) is 8.74. The molecular weight excluding hydrogens is 439 g/mol. The Balaban J connectivity index is 1.63. The van der Waals surface area contributed by atoms with Crippen LogP contribution < -0.4 is 9.64 Å². The Hall–Kier alpha value is -3.55. The largest absolute Gasteiger partial charge is 0.427 e. The lowest BCUT2D eigenvalue weighted by molar-refractivity contribution is -0.132. The molecule has 1 aliphatic carbocycles. The van der Waals surface area contributed by atoms with Crippen LogP contribution in [0.5, 0.6) is 5.75 Å². The Kier molecular flexibility index (Phi) is 7.05. The molecule has 3 amide bonds. The van der Waals surface area contributed by atoms with Gasteiger partial charge < -0.3 is 9.64 Å². The van der Waals surface area contributed by atoms with Gasteiger partial charge in [-0.1, -0.05) is 25.7 Å². The predicted molar refractivity (Wildman–Crippen MR) is 123 cm³/mol. The van der Waals surface area contributed by atoms with E-state index in [4.69, 9.17) is 4.74 Å². The molecule has 1 unspecified atom stereocenters. The normalized spacial score (nSPS) is 19.1. The van der Waals surface area contributed by atoms with Crippen LogP contribution in [0, 0.1) is 5.82 Å². The molecule has 178 valence electrons. The minimum absolute atomic E-state index is 0.117. The summed E-state index contributed by atoms with van der Waals surface area (Å²) >= 11 is 0. The third-order valence-electron chi connectivity index (χ3n) is 6.36. The lowest BCUT2D eigenvalue weighted by Gasteiger charge is -2.35. The number of anilines is 1. The minimum atomic E-state index is -0.929. The maximum atomic E-state index is 13.6. The fourth-order valence-corrected chi connectivity index (χ4v) is 4.77. The van der Waals surface area contributed by atoms with Gasteiger partial charge in [0.2, 0.25) is 5.91 Å². The first kappa shape index (κ1) is 23.6. The number of rotatable bonds is 5. The van der Waals surface area contributed by atoms with Crippen LogP contribution in [0.2, 0.25) is 0 Å². The zero-order chi connectivity index (χ0) is 24.2. The number of esters is 1.